The van der Waals surface area contributed by atoms with Crippen LogP contribution < -0.4 is 10.2 Å². The molecule has 0 aromatic heterocycles. The molecule has 2 aromatic rings. The Hall–Kier alpha value is -2.15. The van der Waals surface area contributed by atoms with Crippen LogP contribution in [0.1, 0.15) is 28.8 Å². The third kappa shape index (κ3) is 3.98. The van der Waals surface area contributed by atoms with E-state index in [9.17, 15) is 18.0 Å². The highest BCUT2D eigenvalue weighted by atomic mass is 32.2. The Morgan fingerprint density at radius 3 is 2.46 bits per heavy atom. The molecule has 1 heterocycles. The number of rotatable bonds is 4. The number of hydrogen-bond donors (Lipinski definition) is 1. The summed E-state index contributed by atoms with van der Waals surface area (Å²) in [5, 5.41) is 2.70. The summed E-state index contributed by atoms with van der Waals surface area (Å²) in [5.74, 6) is -0.408. The Labute approximate surface area is 154 Å². The van der Waals surface area contributed by atoms with Crippen molar-refractivity contribution in [2.75, 3.05) is 29.6 Å². The summed E-state index contributed by atoms with van der Waals surface area (Å²) in [6, 6.07) is 10.6. The molecular weight excluding hydrogens is 361 g/mol. The molecule has 1 aliphatic rings. The van der Waals surface area contributed by atoms with E-state index >= 15 is 0 Å². The number of alkyl halides is 3. The normalized spacial score (nSPS) is 14.5. The Balaban J connectivity index is 1.97. The minimum Gasteiger partial charge on any atom is -0.370 e. The third-order valence-electron chi connectivity index (χ3n) is 4.37. The topological polar surface area (TPSA) is 32.3 Å². The highest BCUT2D eigenvalue weighted by molar-refractivity contribution is 7.98. The number of nitrogens with one attached hydrogen (secondary N) is 1. The molecule has 0 bridgehead atoms. The number of anilines is 2. The summed E-state index contributed by atoms with van der Waals surface area (Å²) in [6.45, 7) is 1.55. The largest absolute Gasteiger partial charge is 0.416 e. The molecule has 0 atom stereocenters. The Kier molecular flexibility index (Phi) is 5.46. The Morgan fingerprint density at radius 1 is 1.12 bits per heavy atom. The second-order valence-corrected chi connectivity index (χ2v) is 6.93. The maximum Gasteiger partial charge on any atom is 0.416 e. The van der Waals surface area contributed by atoms with Gasteiger partial charge in [-0.25, -0.2) is 0 Å². The van der Waals surface area contributed by atoms with Crippen molar-refractivity contribution in [2.24, 2.45) is 0 Å². The van der Waals surface area contributed by atoms with Crippen LogP contribution in [0.4, 0.5) is 24.5 Å². The molecule has 2 aromatic carbocycles. The van der Waals surface area contributed by atoms with Crippen LogP contribution in [0.15, 0.2) is 47.4 Å². The van der Waals surface area contributed by atoms with Gasteiger partial charge >= 0.3 is 6.18 Å². The molecule has 0 saturated carbocycles. The number of nitrogens with zero attached hydrogens (tertiary/aromatic N) is 1. The van der Waals surface area contributed by atoms with Gasteiger partial charge < -0.3 is 10.2 Å². The lowest BCUT2D eigenvalue weighted by atomic mass is 10.1. The van der Waals surface area contributed by atoms with E-state index in [2.05, 4.69) is 5.32 Å². The van der Waals surface area contributed by atoms with Crippen LogP contribution in [-0.4, -0.2) is 25.3 Å². The first kappa shape index (κ1) is 18.6. The van der Waals surface area contributed by atoms with Crippen molar-refractivity contribution in [3.63, 3.8) is 0 Å². The Morgan fingerprint density at radius 2 is 1.81 bits per heavy atom. The second kappa shape index (κ2) is 7.61. The summed E-state index contributed by atoms with van der Waals surface area (Å²) >= 11 is 1.42. The molecule has 0 spiro atoms. The van der Waals surface area contributed by atoms with Crippen molar-refractivity contribution in [3.8, 4) is 0 Å². The zero-order chi connectivity index (χ0) is 18.7. The van der Waals surface area contributed by atoms with Crippen LogP contribution in [0.3, 0.4) is 0 Å². The van der Waals surface area contributed by atoms with Crippen molar-refractivity contribution in [1.82, 2.24) is 0 Å². The fourth-order valence-electron chi connectivity index (χ4n) is 3.07. The molecule has 3 rings (SSSR count). The molecule has 138 valence electrons. The van der Waals surface area contributed by atoms with E-state index in [-0.39, 0.29) is 5.69 Å². The first-order valence-corrected chi connectivity index (χ1v) is 9.53. The van der Waals surface area contributed by atoms with Gasteiger partial charge in [-0.15, -0.1) is 11.8 Å². The molecule has 0 unspecified atom stereocenters. The van der Waals surface area contributed by atoms with Gasteiger partial charge in [0.1, 0.15) is 0 Å². The summed E-state index contributed by atoms with van der Waals surface area (Å²) in [6.07, 6.45) is -0.625. The number of hydrogen-bond acceptors (Lipinski definition) is 3. The predicted octanol–water partition coefficient (Wildman–Crippen LogP) is 5.28. The molecular formula is C19H19F3N2OS. The lowest BCUT2D eigenvalue weighted by Crippen LogP contribution is -2.22. The predicted molar refractivity (Wildman–Crippen MR) is 99.1 cm³/mol. The molecule has 1 fully saturated rings. The zero-order valence-electron chi connectivity index (χ0n) is 14.3. The molecule has 1 amide bonds. The van der Waals surface area contributed by atoms with Gasteiger partial charge in [-0.2, -0.15) is 13.2 Å². The number of thioether (sulfide) groups is 1. The van der Waals surface area contributed by atoms with E-state index in [1.807, 2.05) is 23.3 Å². The van der Waals surface area contributed by atoms with E-state index < -0.39 is 17.6 Å². The van der Waals surface area contributed by atoms with Crippen molar-refractivity contribution in [2.45, 2.75) is 23.9 Å². The van der Waals surface area contributed by atoms with E-state index in [0.29, 0.717) is 11.3 Å². The summed E-state index contributed by atoms with van der Waals surface area (Å²) in [7, 11) is 0. The molecule has 3 nitrogen and oxygen atoms in total. The molecule has 1 saturated heterocycles. The number of amides is 1. The lowest BCUT2D eigenvalue weighted by Gasteiger charge is -2.23. The summed E-state index contributed by atoms with van der Waals surface area (Å²) < 4.78 is 39.4. The van der Waals surface area contributed by atoms with Crippen molar-refractivity contribution >= 4 is 29.0 Å². The standard InChI is InChI=1S/C19H19F3N2OS/c1-26-17-7-3-2-6-14(17)18(25)23-15-12-13(19(20,21)22)8-9-16(15)24-10-4-5-11-24/h2-3,6-9,12H,4-5,10-11H2,1H3,(H,23,25). The fourth-order valence-corrected chi connectivity index (χ4v) is 3.66. The summed E-state index contributed by atoms with van der Waals surface area (Å²) in [5.41, 5.74) is 0.506. The van der Waals surface area contributed by atoms with Gasteiger partial charge in [0.25, 0.3) is 5.91 Å². The van der Waals surface area contributed by atoms with Gasteiger partial charge in [0.15, 0.2) is 0 Å². The first-order chi connectivity index (χ1) is 12.4. The number of benzene rings is 2. The Bertz CT molecular complexity index is 802. The molecule has 1 aliphatic heterocycles. The van der Waals surface area contributed by atoms with Crippen LogP contribution in [0.5, 0.6) is 0 Å². The van der Waals surface area contributed by atoms with Gasteiger partial charge in [-0.05, 0) is 49.4 Å². The highest BCUT2D eigenvalue weighted by Crippen LogP contribution is 2.37. The van der Waals surface area contributed by atoms with Crippen molar-refractivity contribution in [3.05, 3.63) is 53.6 Å². The zero-order valence-corrected chi connectivity index (χ0v) is 15.1. The third-order valence-corrected chi connectivity index (χ3v) is 5.17. The van der Waals surface area contributed by atoms with E-state index in [0.717, 1.165) is 43.0 Å². The SMILES string of the molecule is CSc1ccccc1C(=O)Nc1cc(C(F)(F)F)ccc1N1CCCC1. The minimum absolute atomic E-state index is 0.197. The van der Waals surface area contributed by atoms with Crippen molar-refractivity contribution < 1.29 is 18.0 Å². The first-order valence-electron chi connectivity index (χ1n) is 8.30. The van der Waals surface area contributed by atoms with E-state index in [1.165, 1.54) is 17.8 Å². The fraction of sp³-hybridized carbons (Fsp3) is 0.316. The number of halogens is 3. The lowest BCUT2D eigenvalue weighted by molar-refractivity contribution is -0.137. The molecule has 0 radical (unpaired) electrons. The van der Waals surface area contributed by atoms with Crippen LogP contribution in [0.25, 0.3) is 0 Å². The van der Waals surface area contributed by atoms with Crippen LogP contribution in [0, 0.1) is 0 Å². The quantitative estimate of drug-likeness (QED) is 0.733. The minimum atomic E-state index is -4.46. The van der Waals surface area contributed by atoms with Gasteiger partial charge in [0.2, 0.25) is 0 Å². The van der Waals surface area contributed by atoms with Crippen LogP contribution in [0.2, 0.25) is 0 Å². The van der Waals surface area contributed by atoms with E-state index in [4.69, 9.17) is 0 Å². The van der Waals surface area contributed by atoms with Crippen molar-refractivity contribution in [1.29, 1.82) is 0 Å². The smallest absolute Gasteiger partial charge is 0.370 e. The average Bonchev–Trinajstić information content (AvgIpc) is 3.15. The van der Waals surface area contributed by atoms with E-state index in [1.54, 1.807) is 12.1 Å². The van der Waals surface area contributed by atoms with Crippen LogP contribution in [-0.2, 0) is 6.18 Å². The molecule has 1 N–H and O–H groups in total. The maximum absolute atomic E-state index is 13.1. The summed E-state index contributed by atoms with van der Waals surface area (Å²) in [4.78, 5) is 15.5. The number of carbonyl (C=O) groups excluding carboxylic acids is 1. The maximum atomic E-state index is 13.1. The van der Waals surface area contributed by atoms with Gasteiger partial charge in [-0.3, -0.25) is 4.79 Å². The second-order valence-electron chi connectivity index (χ2n) is 6.08. The van der Waals surface area contributed by atoms with Gasteiger partial charge in [-0.1, -0.05) is 12.1 Å². The molecule has 26 heavy (non-hydrogen) atoms. The monoisotopic (exact) mass is 380 g/mol. The highest BCUT2D eigenvalue weighted by Gasteiger charge is 2.32. The molecule has 0 aliphatic carbocycles. The molecule has 7 heteroatoms. The van der Waals surface area contributed by atoms with Gasteiger partial charge in [0.05, 0.1) is 22.5 Å². The average molecular weight is 380 g/mol. The van der Waals surface area contributed by atoms with Crippen LogP contribution >= 0.6 is 11.8 Å². The van der Waals surface area contributed by atoms with Gasteiger partial charge in [0, 0.05) is 18.0 Å². The number of carbonyl (C=O) groups is 1.